The molecule has 0 unspecified atom stereocenters. The zero-order chi connectivity index (χ0) is 10.6. The molecule has 0 aliphatic rings. The van der Waals surface area contributed by atoms with Crippen LogP contribution in [-0.4, -0.2) is 28.5 Å². The van der Waals surface area contributed by atoms with Gasteiger partial charge in [-0.2, -0.15) is 0 Å². The Balaban J connectivity index is 2.83. The summed E-state index contributed by atoms with van der Waals surface area (Å²) in [5, 5.41) is 0. The van der Waals surface area contributed by atoms with Crippen molar-refractivity contribution < 1.29 is 14.3 Å². The number of rotatable bonds is 3. The highest BCUT2D eigenvalue weighted by Gasteiger charge is 2.09. The van der Waals surface area contributed by atoms with Crippen LogP contribution in [0.4, 0.5) is 0 Å². The van der Waals surface area contributed by atoms with E-state index >= 15 is 0 Å². The SMILES string of the molecule is CCOC(=O)c1cnc(C(N)=O)cn1. The summed E-state index contributed by atoms with van der Waals surface area (Å²) < 4.78 is 4.67. The van der Waals surface area contributed by atoms with Crippen LogP contribution in [0.2, 0.25) is 0 Å². The van der Waals surface area contributed by atoms with E-state index in [2.05, 4.69) is 14.7 Å². The number of ether oxygens (including phenoxy) is 1. The van der Waals surface area contributed by atoms with Gasteiger partial charge in [-0.3, -0.25) is 4.79 Å². The van der Waals surface area contributed by atoms with Gasteiger partial charge in [0.2, 0.25) is 0 Å². The monoisotopic (exact) mass is 195 g/mol. The molecule has 0 aliphatic heterocycles. The lowest BCUT2D eigenvalue weighted by atomic mass is 10.4. The molecule has 0 fully saturated rings. The number of hydrogen-bond acceptors (Lipinski definition) is 5. The van der Waals surface area contributed by atoms with Crippen molar-refractivity contribution in [3.63, 3.8) is 0 Å². The first kappa shape index (κ1) is 10.1. The molecule has 0 aromatic carbocycles. The van der Waals surface area contributed by atoms with Crippen molar-refractivity contribution in [2.24, 2.45) is 5.73 Å². The van der Waals surface area contributed by atoms with E-state index < -0.39 is 11.9 Å². The minimum Gasteiger partial charge on any atom is -0.461 e. The van der Waals surface area contributed by atoms with Gasteiger partial charge in [-0.25, -0.2) is 14.8 Å². The molecule has 0 aliphatic carbocycles. The standard InChI is InChI=1S/C8H9N3O3/c1-2-14-8(13)6-4-10-5(3-11-6)7(9)12/h3-4H,2H2,1H3,(H2,9,12). The summed E-state index contributed by atoms with van der Waals surface area (Å²) in [5.41, 5.74) is 5.01. The second kappa shape index (κ2) is 4.31. The smallest absolute Gasteiger partial charge is 0.358 e. The van der Waals surface area contributed by atoms with Crippen molar-refractivity contribution in [2.75, 3.05) is 6.61 Å². The Kier molecular flexibility index (Phi) is 3.11. The largest absolute Gasteiger partial charge is 0.461 e. The van der Waals surface area contributed by atoms with Crippen LogP contribution in [0.3, 0.4) is 0 Å². The number of carbonyl (C=O) groups is 2. The second-order valence-corrected chi connectivity index (χ2v) is 2.37. The fourth-order valence-corrected chi connectivity index (χ4v) is 0.766. The molecule has 0 radical (unpaired) electrons. The number of nitrogens with two attached hydrogens (primary N) is 1. The first-order valence-electron chi connectivity index (χ1n) is 3.94. The second-order valence-electron chi connectivity index (χ2n) is 2.37. The predicted molar refractivity (Wildman–Crippen MR) is 46.5 cm³/mol. The number of carbonyl (C=O) groups excluding carboxylic acids is 2. The molecular weight excluding hydrogens is 186 g/mol. The molecule has 0 saturated heterocycles. The number of esters is 1. The average Bonchev–Trinajstić information content (AvgIpc) is 2.18. The fraction of sp³-hybridized carbons (Fsp3) is 0.250. The van der Waals surface area contributed by atoms with Crippen molar-refractivity contribution >= 4 is 11.9 Å². The minimum absolute atomic E-state index is 0.0121. The number of primary amides is 1. The highest BCUT2D eigenvalue weighted by Crippen LogP contribution is 1.97. The molecule has 1 rings (SSSR count). The minimum atomic E-state index is -0.687. The Morgan fingerprint density at radius 1 is 1.36 bits per heavy atom. The Hall–Kier alpha value is -1.98. The first-order valence-corrected chi connectivity index (χ1v) is 3.94. The maximum absolute atomic E-state index is 11.1. The molecule has 1 aromatic rings. The van der Waals surface area contributed by atoms with Crippen LogP contribution in [0.15, 0.2) is 12.4 Å². The van der Waals surface area contributed by atoms with Gasteiger partial charge in [-0.15, -0.1) is 0 Å². The van der Waals surface area contributed by atoms with Gasteiger partial charge in [0.1, 0.15) is 5.69 Å². The molecule has 6 nitrogen and oxygen atoms in total. The zero-order valence-corrected chi connectivity index (χ0v) is 7.56. The Labute approximate surface area is 80.1 Å². The van der Waals surface area contributed by atoms with E-state index in [1.807, 2.05) is 0 Å². The van der Waals surface area contributed by atoms with E-state index in [-0.39, 0.29) is 18.0 Å². The average molecular weight is 195 g/mol. The van der Waals surface area contributed by atoms with Crippen LogP contribution in [0.25, 0.3) is 0 Å². The van der Waals surface area contributed by atoms with Crippen LogP contribution in [0, 0.1) is 0 Å². The van der Waals surface area contributed by atoms with E-state index in [1.54, 1.807) is 6.92 Å². The van der Waals surface area contributed by atoms with Crippen LogP contribution in [0.1, 0.15) is 27.9 Å². The van der Waals surface area contributed by atoms with Gasteiger partial charge in [0.15, 0.2) is 5.69 Å². The Bertz CT molecular complexity index is 347. The lowest BCUT2D eigenvalue weighted by Crippen LogP contribution is -2.15. The summed E-state index contributed by atoms with van der Waals surface area (Å²) in [7, 11) is 0. The maximum atomic E-state index is 11.1. The van der Waals surface area contributed by atoms with Crippen molar-refractivity contribution in [3.8, 4) is 0 Å². The Morgan fingerprint density at radius 2 is 1.93 bits per heavy atom. The summed E-state index contributed by atoms with van der Waals surface area (Å²) in [6.45, 7) is 1.95. The summed E-state index contributed by atoms with van der Waals surface area (Å²) >= 11 is 0. The van der Waals surface area contributed by atoms with Gasteiger partial charge < -0.3 is 10.5 Å². The number of nitrogens with zero attached hydrogens (tertiary/aromatic N) is 2. The van der Waals surface area contributed by atoms with Crippen molar-refractivity contribution in [1.29, 1.82) is 0 Å². The molecular formula is C8H9N3O3. The summed E-state index contributed by atoms with van der Waals surface area (Å²) in [6.07, 6.45) is 2.28. The quantitative estimate of drug-likeness (QED) is 0.671. The molecule has 1 amide bonds. The summed E-state index contributed by atoms with van der Waals surface area (Å²) in [4.78, 5) is 29.0. The lowest BCUT2D eigenvalue weighted by Gasteiger charge is -2.00. The third-order valence-corrected chi connectivity index (χ3v) is 1.39. The molecule has 74 valence electrons. The highest BCUT2D eigenvalue weighted by molar-refractivity contribution is 5.91. The molecule has 2 N–H and O–H groups in total. The third-order valence-electron chi connectivity index (χ3n) is 1.39. The van der Waals surface area contributed by atoms with Crippen LogP contribution >= 0.6 is 0 Å². The van der Waals surface area contributed by atoms with Gasteiger partial charge in [-0.1, -0.05) is 0 Å². The summed E-state index contributed by atoms with van der Waals surface area (Å²) in [5.74, 6) is -1.26. The number of aromatic nitrogens is 2. The lowest BCUT2D eigenvalue weighted by molar-refractivity contribution is 0.0518. The van der Waals surface area contributed by atoms with E-state index in [1.165, 1.54) is 0 Å². The first-order chi connectivity index (χ1) is 6.65. The van der Waals surface area contributed by atoms with E-state index in [9.17, 15) is 9.59 Å². The van der Waals surface area contributed by atoms with Crippen LogP contribution in [-0.2, 0) is 4.74 Å². The van der Waals surface area contributed by atoms with Crippen LogP contribution in [0.5, 0.6) is 0 Å². The molecule has 0 saturated carbocycles. The molecule has 0 spiro atoms. The van der Waals surface area contributed by atoms with Crippen molar-refractivity contribution in [1.82, 2.24) is 9.97 Å². The number of amides is 1. The maximum Gasteiger partial charge on any atom is 0.358 e. The van der Waals surface area contributed by atoms with Gasteiger partial charge in [0, 0.05) is 0 Å². The zero-order valence-electron chi connectivity index (χ0n) is 7.56. The van der Waals surface area contributed by atoms with Crippen molar-refractivity contribution in [3.05, 3.63) is 23.8 Å². The third kappa shape index (κ3) is 2.25. The highest BCUT2D eigenvalue weighted by atomic mass is 16.5. The predicted octanol–water partition coefficient (Wildman–Crippen LogP) is -0.248. The van der Waals surface area contributed by atoms with Gasteiger partial charge in [0.25, 0.3) is 5.91 Å². The molecule has 1 aromatic heterocycles. The van der Waals surface area contributed by atoms with Gasteiger partial charge >= 0.3 is 5.97 Å². The molecule has 0 bridgehead atoms. The summed E-state index contributed by atoms with van der Waals surface area (Å²) in [6, 6.07) is 0. The van der Waals surface area contributed by atoms with E-state index in [0.29, 0.717) is 0 Å². The molecule has 14 heavy (non-hydrogen) atoms. The van der Waals surface area contributed by atoms with E-state index in [4.69, 9.17) is 5.73 Å². The molecule has 0 atom stereocenters. The van der Waals surface area contributed by atoms with E-state index in [0.717, 1.165) is 12.4 Å². The van der Waals surface area contributed by atoms with Crippen molar-refractivity contribution in [2.45, 2.75) is 6.92 Å². The normalized spacial score (nSPS) is 9.50. The Morgan fingerprint density at radius 3 is 2.36 bits per heavy atom. The van der Waals surface area contributed by atoms with Crippen LogP contribution < -0.4 is 5.73 Å². The fourth-order valence-electron chi connectivity index (χ4n) is 0.766. The molecule has 6 heteroatoms. The topological polar surface area (TPSA) is 95.2 Å². The molecule has 1 heterocycles. The van der Waals surface area contributed by atoms with Gasteiger partial charge in [0.05, 0.1) is 19.0 Å². The van der Waals surface area contributed by atoms with Gasteiger partial charge in [-0.05, 0) is 6.92 Å². The number of hydrogen-bond donors (Lipinski definition) is 1.